The van der Waals surface area contributed by atoms with E-state index in [1.807, 2.05) is 24.3 Å². The van der Waals surface area contributed by atoms with Crippen LogP contribution in [0.1, 0.15) is 36.5 Å². The Morgan fingerprint density at radius 2 is 1.81 bits per heavy atom. The maximum atomic E-state index is 13.4. The second-order valence-corrected chi connectivity index (χ2v) is 9.17. The summed E-state index contributed by atoms with van der Waals surface area (Å²) in [7, 11) is -4.03. The van der Waals surface area contributed by atoms with E-state index in [0.717, 1.165) is 11.6 Å². The Morgan fingerprint density at radius 1 is 1.10 bits per heavy atom. The van der Waals surface area contributed by atoms with Gasteiger partial charge in [-0.2, -0.15) is 21.6 Å². The molecule has 0 atom stereocenters. The summed E-state index contributed by atoms with van der Waals surface area (Å²) in [6.07, 6.45) is -2.20. The fraction of sp³-hybridized carbons (Fsp3) is 0.227. The van der Waals surface area contributed by atoms with E-state index in [1.54, 1.807) is 0 Å². The van der Waals surface area contributed by atoms with Gasteiger partial charge in [0.1, 0.15) is 4.90 Å². The number of anilines is 1. The van der Waals surface area contributed by atoms with Crippen LogP contribution in [0.25, 0.3) is 5.70 Å². The normalized spacial score (nSPS) is 17.4. The molecule has 2 aliphatic rings. The quantitative estimate of drug-likeness (QED) is 0.709. The summed E-state index contributed by atoms with van der Waals surface area (Å²) in [6.45, 7) is 4.36. The van der Waals surface area contributed by atoms with Gasteiger partial charge in [0.05, 0.1) is 11.3 Å². The lowest BCUT2D eigenvalue weighted by Gasteiger charge is -2.20. The van der Waals surface area contributed by atoms with E-state index in [1.165, 1.54) is 24.3 Å². The molecule has 0 saturated carbocycles. The minimum atomic E-state index is -4.57. The maximum Gasteiger partial charge on any atom is 0.418 e. The Balaban J connectivity index is 1.71. The molecule has 2 N–H and O–H groups in total. The van der Waals surface area contributed by atoms with Crippen molar-refractivity contribution in [2.45, 2.75) is 30.8 Å². The molecule has 2 aromatic carbocycles. The number of allylic oxidation sites excluding steroid dienone is 2. The first-order valence-corrected chi connectivity index (χ1v) is 11.1. The number of nitrogens with one attached hydrogen (secondary N) is 2. The number of benzene rings is 2. The molecule has 31 heavy (non-hydrogen) atoms. The first-order valence-electron chi connectivity index (χ1n) is 9.65. The van der Waals surface area contributed by atoms with E-state index in [4.69, 9.17) is 0 Å². The highest BCUT2D eigenvalue weighted by atomic mass is 32.2. The summed E-state index contributed by atoms with van der Waals surface area (Å²) in [5.74, 6) is 0.497. The van der Waals surface area contributed by atoms with Crippen LogP contribution in [0.3, 0.4) is 0 Å². The van der Waals surface area contributed by atoms with Gasteiger partial charge in [0.2, 0.25) is 0 Å². The zero-order chi connectivity index (χ0) is 22.4. The Hall–Kier alpha value is -3.07. The zero-order valence-electron chi connectivity index (χ0n) is 16.8. The fourth-order valence-corrected chi connectivity index (χ4v) is 4.69. The molecule has 0 aromatic heterocycles. The Labute approximate surface area is 178 Å². The molecular formula is C22H20F3N3O2S. The van der Waals surface area contributed by atoms with E-state index >= 15 is 0 Å². The molecule has 0 saturated heterocycles. The lowest BCUT2D eigenvalue weighted by molar-refractivity contribution is -0.0880. The Bertz CT molecular complexity index is 1230. The highest BCUT2D eigenvalue weighted by Gasteiger charge is 2.37. The van der Waals surface area contributed by atoms with Gasteiger partial charge in [-0.15, -0.1) is 4.40 Å². The predicted molar refractivity (Wildman–Crippen MR) is 114 cm³/mol. The van der Waals surface area contributed by atoms with Crippen LogP contribution < -0.4 is 10.6 Å². The number of hydrogen-bond acceptors (Lipinski definition) is 4. The third-order valence-electron chi connectivity index (χ3n) is 5.11. The van der Waals surface area contributed by atoms with Gasteiger partial charge in [0.15, 0.2) is 5.84 Å². The standard InChI is InChI=1S/C22H20F3N3O2S/c1-13(2)14-5-8-16(9-6-14)27-21-17-10-7-15(12-19(17)31(29,30)28-21)20-18(22(23,24)25)4-3-11-26-20/h3-10,12-13,26H,11H2,1-2H3,(H,27,28). The number of amidine groups is 1. The second kappa shape index (κ2) is 7.56. The third-order valence-corrected chi connectivity index (χ3v) is 6.43. The van der Waals surface area contributed by atoms with Crippen LogP contribution in [0.15, 0.2) is 69.5 Å². The number of nitrogens with zero attached hydrogens (tertiary/aromatic N) is 1. The molecule has 9 heteroatoms. The van der Waals surface area contributed by atoms with Gasteiger partial charge in [-0.3, -0.25) is 0 Å². The topological polar surface area (TPSA) is 70.6 Å². The van der Waals surface area contributed by atoms with Crippen LogP contribution in [0.5, 0.6) is 0 Å². The number of rotatable bonds is 3. The van der Waals surface area contributed by atoms with E-state index in [-0.39, 0.29) is 28.5 Å². The summed E-state index contributed by atoms with van der Waals surface area (Å²) in [6, 6.07) is 11.7. The van der Waals surface area contributed by atoms with Crippen molar-refractivity contribution in [3.05, 3.63) is 76.9 Å². The van der Waals surface area contributed by atoms with E-state index < -0.39 is 21.8 Å². The van der Waals surface area contributed by atoms with E-state index in [0.29, 0.717) is 17.2 Å². The zero-order valence-corrected chi connectivity index (χ0v) is 17.6. The molecule has 0 unspecified atom stereocenters. The van der Waals surface area contributed by atoms with Gasteiger partial charge in [-0.1, -0.05) is 44.2 Å². The molecule has 0 spiro atoms. The van der Waals surface area contributed by atoms with Crippen molar-refractivity contribution in [1.29, 1.82) is 0 Å². The number of hydrogen-bond donors (Lipinski definition) is 2. The number of halogens is 3. The van der Waals surface area contributed by atoms with Crippen LogP contribution >= 0.6 is 0 Å². The van der Waals surface area contributed by atoms with Crippen LogP contribution in [-0.2, 0) is 10.0 Å². The van der Waals surface area contributed by atoms with Gasteiger partial charge < -0.3 is 10.6 Å². The Kier molecular flexibility index (Phi) is 5.17. The molecule has 2 aliphatic heterocycles. The minimum absolute atomic E-state index is 0.128. The molecule has 0 aliphatic carbocycles. The molecule has 0 amide bonds. The van der Waals surface area contributed by atoms with Crippen molar-refractivity contribution < 1.29 is 21.6 Å². The number of fused-ring (bicyclic) bond motifs is 1. The number of dihydropyridines is 1. The highest BCUT2D eigenvalue weighted by Crippen LogP contribution is 2.36. The lowest BCUT2D eigenvalue weighted by atomic mass is 10.0. The molecule has 2 heterocycles. The first kappa shape index (κ1) is 21.2. The van der Waals surface area contributed by atoms with Crippen LogP contribution in [0.2, 0.25) is 0 Å². The summed E-state index contributed by atoms with van der Waals surface area (Å²) in [4.78, 5) is -0.128. The SMILES string of the molecule is CC(C)c1ccc(NC2=NS(=O)(=O)c3cc(C4=C(C(F)(F)F)C=CCN4)ccc32)cc1. The predicted octanol–water partition coefficient (Wildman–Crippen LogP) is 4.80. The van der Waals surface area contributed by atoms with Crippen LogP contribution in [-0.4, -0.2) is 27.0 Å². The third kappa shape index (κ3) is 4.10. The molecule has 2 aromatic rings. The molecule has 0 radical (unpaired) electrons. The van der Waals surface area contributed by atoms with Crippen molar-refractivity contribution >= 4 is 27.2 Å². The van der Waals surface area contributed by atoms with Crippen molar-refractivity contribution in [3.8, 4) is 0 Å². The van der Waals surface area contributed by atoms with Gasteiger partial charge in [-0.05, 0) is 41.3 Å². The van der Waals surface area contributed by atoms with Crippen LogP contribution in [0.4, 0.5) is 18.9 Å². The molecule has 162 valence electrons. The highest BCUT2D eigenvalue weighted by molar-refractivity contribution is 7.90. The largest absolute Gasteiger partial charge is 0.418 e. The van der Waals surface area contributed by atoms with Gasteiger partial charge >= 0.3 is 6.18 Å². The lowest BCUT2D eigenvalue weighted by Crippen LogP contribution is -2.24. The average molecular weight is 447 g/mol. The summed E-state index contributed by atoms with van der Waals surface area (Å²) < 4.78 is 69.2. The molecular weight excluding hydrogens is 427 g/mol. The van der Waals surface area contributed by atoms with Gasteiger partial charge in [-0.25, -0.2) is 0 Å². The van der Waals surface area contributed by atoms with Crippen molar-refractivity contribution in [3.63, 3.8) is 0 Å². The van der Waals surface area contributed by atoms with Crippen LogP contribution in [0, 0.1) is 0 Å². The average Bonchev–Trinajstić information content (AvgIpc) is 2.97. The van der Waals surface area contributed by atoms with Gasteiger partial charge in [0, 0.05) is 17.8 Å². The molecule has 0 fully saturated rings. The minimum Gasteiger partial charge on any atom is -0.381 e. The second-order valence-electron chi connectivity index (χ2n) is 7.60. The van der Waals surface area contributed by atoms with Crippen molar-refractivity contribution in [2.75, 3.05) is 11.9 Å². The number of alkyl halides is 3. The van der Waals surface area contributed by atoms with Crippen molar-refractivity contribution in [1.82, 2.24) is 5.32 Å². The maximum absolute atomic E-state index is 13.4. The van der Waals surface area contributed by atoms with E-state index in [2.05, 4.69) is 28.9 Å². The van der Waals surface area contributed by atoms with Gasteiger partial charge in [0.25, 0.3) is 10.0 Å². The summed E-state index contributed by atoms with van der Waals surface area (Å²) >= 11 is 0. The Morgan fingerprint density at radius 3 is 2.45 bits per heavy atom. The summed E-state index contributed by atoms with van der Waals surface area (Å²) in [5, 5.41) is 5.70. The van der Waals surface area contributed by atoms with Crippen molar-refractivity contribution in [2.24, 2.45) is 4.40 Å². The number of sulfonamides is 1. The smallest absolute Gasteiger partial charge is 0.381 e. The molecule has 4 rings (SSSR count). The first-order chi connectivity index (χ1) is 14.6. The summed E-state index contributed by atoms with van der Waals surface area (Å²) in [5.41, 5.74) is 1.25. The molecule has 0 bridgehead atoms. The monoisotopic (exact) mass is 447 g/mol. The molecule has 5 nitrogen and oxygen atoms in total. The fourth-order valence-electron chi connectivity index (χ4n) is 3.49. The van der Waals surface area contributed by atoms with E-state index in [9.17, 15) is 21.6 Å².